The molecule has 192 valence electrons. The van der Waals surface area contributed by atoms with Crippen LogP contribution in [-0.4, -0.2) is 45.5 Å². The molecule has 0 saturated carbocycles. The van der Waals surface area contributed by atoms with Crippen molar-refractivity contribution in [1.82, 2.24) is 0 Å². The number of esters is 2. The minimum absolute atomic E-state index is 0.0107. The highest BCUT2D eigenvalue weighted by molar-refractivity contribution is 6.06. The summed E-state index contributed by atoms with van der Waals surface area (Å²) in [5.74, 6) is -3.51. The second-order valence-corrected chi connectivity index (χ2v) is 8.39. The van der Waals surface area contributed by atoms with E-state index in [0.29, 0.717) is 12.2 Å². The molecule has 2 aromatic rings. The number of rotatable bonds is 7. The maximum absolute atomic E-state index is 14.6. The highest BCUT2D eigenvalue weighted by Gasteiger charge is 2.43. The number of carbonyl (C=O) groups excluding carboxylic acids is 2. The van der Waals surface area contributed by atoms with Crippen LogP contribution in [0.2, 0.25) is 0 Å². The number of halogens is 1. The molecule has 1 saturated heterocycles. The molecule has 0 aromatic heterocycles. The van der Waals surface area contributed by atoms with Gasteiger partial charge in [0.2, 0.25) is 0 Å². The highest BCUT2D eigenvalue weighted by Crippen LogP contribution is 2.45. The molecule has 2 N–H and O–H groups in total. The second-order valence-electron chi connectivity index (χ2n) is 8.39. The lowest BCUT2D eigenvalue weighted by Crippen LogP contribution is -2.41. The number of nitrogens with two attached hydrogens (primary N) is 1. The van der Waals surface area contributed by atoms with Gasteiger partial charge in [0, 0.05) is 12.7 Å². The molecule has 2 unspecified atom stereocenters. The van der Waals surface area contributed by atoms with Gasteiger partial charge in [0.1, 0.15) is 29.7 Å². The van der Waals surface area contributed by atoms with Crippen LogP contribution in [0.5, 0.6) is 5.75 Å². The summed E-state index contributed by atoms with van der Waals surface area (Å²) < 4.78 is 36.2. The Labute approximate surface area is 213 Å². The smallest absolute Gasteiger partial charge is 0.355 e. The predicted molar refractivity (Wildman–Crippen MR) is 130 cm³/mol. The van der Waals surface area contributed by atoms with Gasteiger partial charge in [0.25, 0.3) is 0 Å². The Hall–Kier alpha value is -4.36. The zero-order chi connectivity index (χ0) is 26.5. The fraction of sp³-hybridized carbons (Fsp3) is 0.296. The number of anilines is 1. The SMILES string of the molecule is COC(=O)C1=C(C(=O)OC)N(c2cc(F)ccc2OCC2CCCO2)C(N)=C(C#N)C1c1ccccc1. The number of allylic oxidation sites excluding steroid dienone is 1. The van der Waals surface area contributed by atoms with Gasteiger partial charge in [-0.15, -0.1) is 0 Å². The van der Waals surface area contributed by atoms with Crippen molar-refractivity contribution in [3.63, 3.8) is 0 Å². The van der Waals surface area contributed by atoms with Crippen LogP contribution in [0.3, 0.4) is 0 Å². The summed E-state index contributed by atoms with van der Waals surface area (Å²) in [5.41, 5.74) is 6.51. The lowest BCUT2D eigenvalue weighted by molar-refractivity contribution is -0.139. The first-order valence-electron chi connectivity index (χ1n) is 11.6. The van der Waals surface area contributed by atoms with E-state index in [-0.39, 0.29) is 46.8 Å². The zero-order valence-electron chi connectivity index (χ0n) is 20.4. The highest BCUT2D eigenvalue weighted by atomic mass is 19.1. The Morgan fingerprint density at radius 1 is 1.16 bits per heavy atom. The number of nitrogens with zero attached hydrogens (tertiary/aromatic N) is 2. The number of methoxy groups -OCH3 is 2. The van der Waals surface area contributed by atoms with Crippen LogP contribution in [0.4, 0.5) is 10.1 Å². The van der Waals surface area contributed by atoms with Crippen LogP contribution < -0.4 is 15.4 Å². The predicted octanol–water partition coefficient (Wildman–Crippen LogP) is 3.28. The van der Waals surface area contributed by atoms with Crippen LogP contribution in [-0.2, 0) is 23.8 Å². The van der Waals surface area contributed by atoms with E-state index in [2.05, 4.69) is 6.07 Å². The number of hydrogen-bond donors (Lipinski definition) is 1. The van der Waals surface area contributed by atoms with E-state index in [1.54, 1.807) is 30.3 Å². The number of carbonyl (C=O) groups is 2. The summed E-state index contributed by atoms with van der Waals surface area (Å²) in [6.07, 6.45) is 1.56. The van der Waals surface area contributed by atoms with Crippen molar-refractivity contribution < 1.29 is 32.9 Å². The minimum Gasteiger partial charge on any atom is -0.489 e. The number of nitriles is 1. The third kappa shape index (κ3) is 4.99. The van der Waals surface area contributed by atoms with Crippen LogP contribution in [0.1, 0.15) is 24.3 Å². The van der Waals surface area contributed by atoms with Crippen LogP contribution in [0, 0.1) is 17.1 Å². The molecule has 0 bridgehead atoms. The molecule has 0 aliphatic carbocycles. The van der Waals surface area contributed by atoms with Crippen molar-refractivity contribution in [2.45, 2.75) is 24.9 Å². The molecule has 4 rings (SSSR count). The summed E-state index contributed by atoms with van der Waals surface area (Å²) in [7, 11) is 2.29. The molecule has 37 heavy (non-hydrogen) atoms. The lowest BCUT2D eigenvalue weighted by atomic mass is 9.81. The van der Waals surface area contributed by atoms with Crippen LogP contribution in [0.25, 0.3) is 0 Å². The van der Waals surface area contributed by atoms with E-state index in [1.807, 2.05) is 0 Å². The minimum atomic E-state index is -1.03. The average Bonchev–Trinajstić information content (AvgIpc) is 3.45. The third-order valence-corrected chi connectivity index (χ3v) is 6.22. The second kappa shape index (κ2) is 11.1. The van der Waals surface area contributed by atoms with Crippen molar-refractivity contribution in [3.8, 4) is 11.8 Å². The van der Waals surface area contributed by atoms with Gasteiger partial charge in [-0.1, -0.05) is 30.3 Å². The fourth-order valence-corrected chi connectivity index (χ4v) is 4.51. The fourth-order valence-electron chi connectivity index (χ4n) is 4.51. The van der Waals surface area contributed by atoms with Crippen molar-refractivity contribution in [2.75, 3.05) is 32.3 Å². The maximum atomic E-state index is 14.6. The Kier molecular flexibility index (Phi) is 7.74. The van der Waals surface area contributed by atoms with Crippen molar-refractivity contribution in [3.05, 3.63) is 82.6 Å². The van der Waals surface area contributed by atoms with Crippen molar-refractivity contribution in [1.29, 1.82) is 5.26 Å². The molecule has 1 fully saturated rings. The third-order valence-electron chi connectivity index (χ3n) is 6.22. The Morgan fingerprint density at radius 3 is 2.51 bits per heavy atom. The summed E-state index contributed by atoms with van der Waals surface area (Å²) in [5, 5.41) is 10.2. The Balaban J connectivity index is 1.96. The molecular formula is C27H26FN3O6. The molecule has 0 radical (unpaired) electrons. The van der Waals surface area contributed by atoms with E-state index in [0.717, 1.165) is 38.0 Å². The zero-order valence-corrected chi connectivity index (χ0v) is 20.4. The number of hydrogen-bond acceptors (Lipinski definition) is 9. The lowest BCUT2D eigenvalue weighted by Gasteiger charge is -2.36. The van der Waals surface area contributed by atoms with Gasteiger partial charge < -0.3 is 24.7 Å². The summed E-state index contributed by atoms with van der Waals surface area (Å²) in [4.78, 5) is 27.5. The standard InChI is InChI=1S/C27H26FN3O6/c1-34-26(32)23-22(16-7-4-3-5-8-16)19(14-29)25(30)31(24(23)27(33)35-2)20-13-17(28)10-11-21(20)37-15-18-9-6-12-36-18/h3-5,7-8,10-11,13,18,22H,6,9,12,15,30H2,1-2H3. The summed E-state index contributed by atoms with van der Waals surface area (Å²) in [6, 6.07) is 14.4. The Bertz CT molecular complexity index is 1290. The van der Waals surface area contributed by atoms with Gasteiger partial charge in [0.15, 0.2) is 0 Å². The van der Waals surface area contributed by atoms with Crippen LogP contribution in [0.15, 0.2) is 71.2 Å². The van der Waals surface area contributed by atoms with Gasteiger partial charge in [-0.2, -0.15) is 5.26 Å². The molecule has 2 atom stereocenters. The van der Waals surface area contributed by atoms with Crippen LogP contribution >= 0.6 is 0 Å². The van der Waals surface area contributed by atoms with E-state index >= 15 is 0 Å². The molecule has 10 heteroatoms. The van der Waals surface area contributed by atoms with E-state index in [4.69, 9.17) is 24.7 Å². The monoisotopic (exact) mass is 507 g/mol. The average molecular weight is 508 g/mol. The summed E-state index contributed by atoms with van der Waals surface area (Å²) in [6.45, 7) is 0.797. The quantitative estimate of drug-likeness (QED) is 0.562. The van der Waals surface area contributed by atoms with Gasteiger partial charge in [0.05, 0.1) is 49.1 Å². The maximum Gasteiger partial charge on any atom is 0.355 e. The first-order chi connectivity index (χ1) is 17.9. The number of ether oxygens (including phenoxy) is 4. The molecule has 2 heterocycles. The van der Waals surface area contributed by atoms with Gasteiger partial charge >= 0.3 is 11.9 Å². The molecule has 9 nitrogen and oxygen atoms in total. The van der Waals surface area contributed by atoms with Gasteiger partial charge in [-0.05, 0) is 30.5 Å². The van der Waals surface area contributed by atoms with Gasteiger partial charge in [-0.3, -0.25) is 4.90 Å². The van der Waals surface area contributed by atoms with Crippen molar-refractivity contribution in [2.24, 2.45) is 5.73 Å². The molecule has 0 amide bonds. The van der Waals surface area contributed by atoms with E-state index < -0.39 is 23.7 Å². The topological polar surface area (TPSA) is 124 Å². The van der Waals surface area contributed by atoms with Gasteiger partial charge in [-0.25, -0.2) is 14.0 Å². The van der Waals surface area contributed by atoms with E-state index in [1.165, 1.54) is 12.1 Å². The Morgan fingerprint density at radius 2 is 1.89 bits per heavy atom. The summed E-state index contributed by atoms with van der Waals surface area (Å²) >= 11 is 0. The molecule has 2 aromatic carbocycles. The molecular weight excluding hydrogens is 481 g/mol. The first-order valence-corrected chi connectivity index (χ1v) is 11.6. The van der Waals surface area contributed by atoms with Crippen molar-refractivity contribution >= 4 is 17.6 Å². The number of benzene rings is 2. The normalized spacial score (nSPS) is 19.5. The molecule has 2 aliphatic heterocycles. The molecule has 2 aliphatic rings. The largest absolute Gasteiger partial charge is 0.489 e. The van der Waals surface area contributed by atoms with E-state index in [9.17, 15) is 19.2 Å². The first kappa shape index (κ1) is 25.7. The molecule has 0 spiro atoms.